The second-order valence-corrected chi connectivity index (χ2v) is 3.68. The monoisotopic (exact) mass is 215 g/mol. The first-order chi connectivity index (χ1) is 7.19. The van der Waals surface area contributed by atoms with Crippen molar-refractivity contribution in [1.82, 2.24) is 4.90 Å². The van der Waals surface area contributed by atoms with E-state index in [-0.39, 0.29) is 24.3 Å². The number of ether oxygens (including phenoxy) is 1. The Morgan fingerprint density at radius 3 is 2.87 bits per heavy atom. The summed E-state index contributed by atoms with van der Waals surface area (Å²) in [5.41, 5.74) is 3.56. The van der Waals surface area contributed by atoms with Crippen LogP contribution in [0.3, 0.4) is 0 Å². The predicted molar refractivity (Wildman–Crippen MR) is 53.7 cm³/mol. The Morgan fingerprint density at radius 2 is 2.27 bits per heavy atom. The van der Waals surface area contributed by atoms with E-state index in [0.29, 0.717) is 13.2 Å². The van der Waals surface area contributed by atoms with E-state index in [9.17, 15) is 9.59 Å². The summed E-state index contributed by atoms with van der Waals surface area (Å²) in [6, 6.07) is 0. The van der Waals surface area contributed by atoms with E-state index >= 15 is 0 Å². The molecule has 0 unspecified atom stereocenters. The molecule has 0 aromatic heterocycles. The van der Waals surface area contributed by atoms with Crippen molar-refractivity contribution in [2.24, 2.45) is 5.92 Å². The molecule has 1 heterocycles. The zero-order valence-electron chi connectivity index (χ0n) is 9.20. The predicted octanol–water partition coefficient (Wildman–Crippen LogP) is -0.970. The smallest absolute Gasteiger partial charge is 0.310 e. The maximum atomic E-state index is 11.5. The Morgan fingerprint density at radius 1 is 1.53 bits per heavy atom. The molecule has 0 saturated carbocycles. The maximum Gasteiger partial charge on any atom is 0.310 e. The number of quaternary nitrogens is 1. The van der Waals surface area contributed by atoms with Crippen LogP contribution in [0, 0.1) is 5.92 Å². The first kappa shape index (κ1) is 12.0. The molecule has 1 fully saturated rings. The molecular weight excluding hydrogens is 196 g/mol. The van der Waals surface area contributed by atoms with Crippen molar-refractivity contribution in [2.45, 2.75) is 19.8 Å². The van der Waals surface area contributed by atoms with E-state index in [1.807, 2.05) is 0 Å². The molecule has 0 aromatic carbocycles. The highest BCUT2D eigenvalue weighted by Gasteiger charge is 2.29. The molecule has 0 aliphatic carbocycles. The summed E-state index contributed by atoms with van der Waals surface area (Å²) in [6.45, 7) is 3.69. The van der Waals surface area contributed by atoms with Crippen LogP contribution in [0.1, 0.15) is 19.8 Å². The Balaban J connectivity index is 2.48. The van der Waals surface area contributed by atoms with Gasteiger partial charge in [-0.3, -0.25) is 9.59 Å². The number of carbonyl (C=O) groups is 2. The topological polar surface area (TPSA) is 74.2 Å². The molecule has 86 valence electrons. The van der Waals surface area contributed by atoms with Gasteiger partial charge >= 0.3 is 5.97 Å². The fourth-order valence-electron chi connectivity index (χ4n) is 1.81. The lowest BCUT2D eigenvalue weighted by molar-refractivity contribution is -0.357. The molecule has 0 aromatic rings. The highest BCUT2D eigenvalue weighted by atomic mass is 16.5. The minimum absolute atomic E-state index is 0.0176. The van der Waals surface area contributed by atoms with Gasteiger partial charge in [-0.05, 0) is 19.8 Å². The van der Waals surface area contributed by atoms with Crippen molar-refractivity contribution in [2.75, 3.05) is 26.2 Å². The van der Waals surface area contributed by atoms with Gasteiger partial charge in [-0.15, -0.1) is 0 Å². The van der Waals surface area contributed by atoms with Crippen molar-refractivity contribution >= 4 is 11.9 Å². The minimum atomic E-state index is -0.181. The van der Waals surface area contributed by atoms with Gasteiger partial charge in [-0.1, -0.05) is 0 Å². The second kappa shape index (κ2) is 5.70. The van der Waals surface area contributed by atoms with Gasteiger partial charge in [0.25, 0.3) is 5.91 Å². The number of carbonyl (C=O) groups excluding carboxylic acids is 2. The SMILES string of the molecule is CCOC(=O)[C@@H]1CCCN(C(=O)C[NH3+])C1. The average molecular weight is 215 g/mol. The Hall–Kier alpha value is -1.10. The Bertz CT molecular complexity index is 243. The molecule has 0 spiro atoms. The van der Waals surface area contributed by atoms with Crippen LogP contribution in [0.5, 0.6) is 0 Å². The molecule has 1 aliphatic rings. The molecule has 1 atom stereocenters. The van der Waals surface area contributed by atoms with Crippen molar-refractivity contribution in [1.29, 1.82) is 0 Å². The van der Waals surface area contributed by atoms with Gasteiger partial charge in [0.1, 0.15) is 0 Å². The lowest BCUT2D eigenvalue weighted by atomic mass is 9.98. The van der Waals surface area contributed by atoms with Crippen LogP contribution in [0.25, 0.3) is 0 Å². The van der Waals surface area contributed by atoms with Crippen LogP contribution in [0.2, 0.25) is 0 Å². The molecule has 1 aliphatic heterocycles. The first-order valence-corrected chi connectivity index (χ1v) is 5.42. The molecule has 3 N–H and O–H groups in total. The number of likely N-dealkylation sites (tertiary alicyclic amines) is 1. The van der Waals surface area contributed by atoms with Crippen LogP contribution in [0.15, 0.2) is 0 Å². The largest absolute Gasteiger partial charge is 0.466 e. The summed E-state index contributed by atoms with van der Waals surface area (Å²) in [5, 5.41) is 0. The third-order valence-electron chi connectivity index (χ3n) is 2.61. The van der Waals surface area contributed by atoms with Crippen LogP contribution >= 0.6 is 0 Å². The van der Waals surface area contributed by atoms with Crippen LogP contribution in [-0.4, -0.2) is 43.0 Å². The zero-order valence-corrected chi connectivity index (χ0v) is 9.20. The standard InChI is InChI=1S/C10H18N2O3/c1-2-15-10(14)8-4-3-5-12(7-8)9(13)6-11/h8H,2-7,11H2,1H3/p+1/t8-/m1/s1. The summed E-state index contributed by atoms with van der Waals surface area (Å²) in [4.78, 5) is 24.6. The van der Waals surface area contributed by atoms with E-state index in [0.717, 1.165) is 19.4 Å². The third-order valence-corrected chi connectivity index (χ3v) is 2.61. The molecule has 1 rings (SSSR count). The molecule has 0 bridgehead atoms. The van der Waals surface area contributed by atoms with Crippen molar-refractivity contribution in [3.63, 3.8) is 0 Å². The molecule has 1 saturated heterocycles. The van der Waals surface area contributed by atoms with E-state index in [1.54, 1.807) is 11.8 Å². The summed E-state index contributed by atoms with van der Waals surface area (Å²) >= 11 is 0. The highest BCUT2D eigenvalue weighted by Crippen LogP contribution is 2.17. The second-order valence-electron chi connectivity index (χ2n) is 3.68. The van der Waals surface area contributed by atoms with Crippen molar-refractivity contribution < 1.29 is 20.1 Å². The number of hydrogen-bond acceptors (Lipinski definition) is 3. The normalized spacial score (nSPS) is 21.2. The summed E-state index contributed by atoms with van der Waals surface area (Å²) < 4.78 is 4.95. The molecule has 15 heavy (non-hydrogen) atoms. The molecule has 0 radical (unpaired) electrons. The number of rotatable bonds is 3. The van der Waals surface area contributed by atoms with Gasteiger partial charge in [0.15, 0.2) is 6.54 Å². The van der Waals surface area contributed by atoms with E-state index in [4.69, 9.17) is 4.74 Å². The van der Waals surface area contributed by atoms with Crippen molar-refractivity contribution in [3.8, 4) is 0 Å². The van der Waals surface area contributed by atoms with E-state index in [2.05, 4.69) is 5.73 Å². The maximum absolute atomic E-state index is 11.5. The van der Waals surface area contributed by atoms with Gasteiger partial charge in [-0.2, -0.15) is 0 Å². The molecule has 5 heteroatoms. The van der Waals surface area contributed by atoms with E-state index in [1.165, 1.54) is 0 Å². The number of esters is 1. The summed E-state index contributed by atoms with van der Waals surface area (Å²) in [7, 11) is 0. The van der Waals surface area contributed by atoms with Crippen LogP contribution < -0.4 is 5.73 Å². The van der Waals surface area contributed by atoms with Gasteiger partial charge in [0.2, 0.25) is 0 Å². The Labute approximate surface area is 89.6 Å². The number of hydrogen-bond donors (Lipinski definition) is 1. The minimum Gasteiger partial charge on any atom is -0.466 e. The number of amides is 1. The van der Waals surface area contributed by atoms with Crippen LogP contribution in [-0.2, 0) is 14.3 Å². The van der Waals surface area contributed by atoms with Gasteiger partial charge in [-0.25, -0.2) is 0 Å². The number of nitrogens with zero attached hydrogens (tertiary/aromatic N) is 1. The zero-order chi connectivity index (χ0) is 11.3. The van der Waals surface area contributed by atoms with Gasteiger partial charge < -0.3 is 15.4 Å². The fourth-order valence-corrected chi connectivity index (χ4v) is 1.81. The van der Waals surface area contributed by atoms with Gasteiger partial charge in [0.05, 0.1) is 12.5 Å². The molecule has 1 amide bonds. The number of piperidine rings is 1. The fraction of sp³-hybridized carbons (Fsp3) is 0.800. The third kappa shape index (κ3) is 3.20. The lowest BCUT2D eigenvalue weighted by Gasteiger charge is -2.30. The Kier molecular flexibility index (Phi) is 4.55. The van der Waals surface area contributed by atoms with Gasteiger partial charge in [0, 0.05) is 13.1 Å². The lowest BCUT2D eigenvalue weighted by Crippen LogP contribution is -2.59. The highest BCUT2D eigenvalue weighted by molar-refractivity contribution is 5.79. The average Bonchev–Trinajstić information content (AvgIpc) is 2.28. The van der Waals surface area contributed by atoms with E-state index < -0.39 is 0 Å². The van der Waals surface area contributed by atoms with Crippen LogP contribution in [0.4, 0.5) is 0 Å². The molecular formula is C10H19N2O3+. The summed E-state index contributed by atoms with van der Waals surface area (Å²) in [5.74, 6) is -0.308. The quantitative estimate of drug-likeness (QED) is 0.615. The van der Waals surface area contributed by atoms with Crippen molar-refractivity contribution in [3.05, 3.63) is 0 Å². The summed E-state index contributed by atoms with van der Waals surface area (Å²) in [6.07, 6.45) is 1.69. The molecule has 5 nitrogen and oxygen atoms in total. The first-order valence-electron chi connectivity index (χ1n) is 5.42.